The Morgan fingerprint density at radius 3 is 1.32 bits per heavy atom. The molecule has 0 aliphatic carbocycles. The molecule has 3 atom stereocenters. The average molecular weight is 844 g/mol. The molecule has 0 radical (unpaired) electrons. The first-order chi connectivity index (χ1) is 29.5. The molecule has 0 rings (SSSR count). The summed E-state index contributed by atoms with van der Waals surface area (Å²) in [4.78, 5) is 26.1. The summed E-state index contributed by atoms with van der Waals surface area (Å²) in [7, 11) is 0. The Balaban J connectivity index is 4.57. The maximum absolute atomic E-state index is 13.2. The first-order valence-electron chi connectivity index (χ1n) is 26.2. The Labute approximate surface area is 373 Å². The van der Waals surface area contributed by atoms with E-state index in [1.807, 2.05) is 0 Å². The topological polar surface area (TPSA) is 95.9 Å². The van der Waals surface area contributed by atoms with Gasteiger partial charge in [-0.3, -0.25) is 9.59 Å². The van der Waals surface area contributed by atoms with Crippen molar-refractivity contribution in [2.75, 3.05) is 6.61 Å². The zero-order valence-electron chi connectivity index (χ0n) is 40.1. The van der Waals surface area contributed by atoms with Crippen LogP contribution in [0.15, 0.2) is 36.5 Å². The van der Waals surface area contributed by atoms with Gasteiger partial charge >= 0.3 is 5.97 Å². The molecule has 6 nitrogen and oxygen atoms in total. The number of carbonyl (C=O) groups is 2. The van der Waals surface area contributed by atoms with Crippen LogP contribution in [0.2, 0.25) is 0 Å². The van der Waals surface area contributed by atoms with Crippen LogP contribution < -0.4 is 5.32 Å². The number of ether oxygens (including phenoxy) is 1. The number of aliphatic hydroxyl groups excluding tert-OH is 2. The molecule has 3 unspecified atom stereocenters. The highest BCUT2D eigenvalue weighted by Crippen LogP contribution is 2.17. The third kappa shape index (κ3) is 42.8. The highest BCUT2D eigenvalue weighted by molar-refractivity contribution is 5.77. The van der Waals surface area contributed by atoms with Crippen LogP contribution in [0.5, 0.6) is 0 Å². The van der Waals surface area contributed by atoms with Crippen molar-refractivity contribution in [2.45, 2.75) is 289 Å². The second kappa shape index (κ2) is 48.1. The van der Waals surface area contributed by atoms with Crippen LogP contribution in [0, 0.1) is 0 Å². The third-order valence-electron chi connectivity index (χ3n) is 12.0. The van der Waals surface area contributed by atoms with Crippen molar-refractivity contribution in [1.29, 1.82) is 0 Å². The average Bonchev–Trinajstić information content (AvgIpc) is 3.24. The Morgan fingerprint density at radius 1 is 0.483 bits per heavy atom. The Kier molecular flexibility index (Phi) is 46.6. The zero-order chi connectivity index (χ0) is 43.8. The minimum Gasteiger partial charge on any atom is -0.462 e. The molecule has 0 saturated heterocycles. The summed E-state index contributed by atoms with van der Waals surface area (Å²) in [6.45, 7) is 6.46. The number of unbranched alkanes of at least 4 members (excludes halogenated alkanes) is 30. The van der Waals surface area contributed by atoms with E-state index in [2.05, 4.69) is 62.5 Å². The first-order valence-corrected chi connectivity index (χ1v) is 26.2. The summed E-state index contributed by atoms with van der Waals surface area (Å²) in [6.07, 6.45) is 56.4. The van der Waals surface area contributed by atoms with Crippen LogP contribution in [0.1, 0.15) is 271 Å². The first kappa shape index (κ1) is 58.1. The molecule has 6 heteroatoms. The fraction of sp³-hybridized carbons (Fsp3) is 0.852. The van der Waals surface area contributed by atoms with Crippen LogP contribution in [0.25, 0.3) is 0 Å². The van der Waals surface area contributed by atoms with Crippen molar-refractivity contribution in [2.24, 2.45) is 0 Å². The van der Waals surface area contributed by atoms with Gasteiger partial charge in [0.15, 0.2) is 0 Å². The fourth-order valence-electron chi connectivity index (χ4n) is 7.95. The smallest absolute Gasteiger partial charge is 0.306 e. The normalized spacial score (nSPS) is 13.5. The zero-order valence-corrected chi connectivity index (χ0v) is 40.1. The summed E-state index contributed by atoms with van der Waals surface area (Å²) >= 11 is 0. The number of esters is 1. The van der Waals surface area contributed by atoms with Crippen molar-refractivity contribution in [3.63, 3.8) is 0 Å². The molecular weight excluding hydrogens is 743 g/mol. The van der Waals surface area contributed by atoms with Gasteiger partial charge in [-0.05, 0) is 70.6 Å². The fourth-order valence-corrected chi connectivity index (χ4v) is 7.95. The lowest BCUT2D eigenvalue weighted by molar-refractivity contribution is -0.151. The van der Waals surface area contributed by atoms with Crippen molar-refractivity contribution >= 4 is 11.9 Å². The lowest BCUT2D eigenvalue weighted by atomic mass is 10.0. The molecule has 0 spiro atoms. The van der Waals surface area contributed by atoms with Gasteiger partial charge < -0.3 is 20.3 Å². The van der Waals surface area contributed by atoms with Gasteiger partial charge in [0.05, 0.1) is 25.2 Å². The number of hydrogen-bond acceptors (Lipinski definition) is 5. The summed E-state index contributed by atoms with van der Waals surface area (Å²) in [5.74, 6) is -0.527. The van der Waals surface area contributed by atoms with Crippen LogP contribution >= 0.6 is 0 Å². The largest absolute Gasteiger partial charge is 0.462 e. The molecule has 352 valence electrons. The van der Waals surface area contributed by atoms with E-state index in [-0.39, 0.29) is 24.9 Å². The molecule has 0 aliphatic rings. The van der Waals surface area contributed by atoms with Crippen LogP contribution in [-0.4, -0.2) is 46.9 Å². The SMILES string of the molecule is CCCCCCCC/C=C\CCCC(CC(=O)NC(CO)C(O)CCCCCCCCCCCCCCCC)OC(=O)CCCCC/C=C/C=C/CCCCCCCCC. The van der Waals surface area contributed by atoms with Crippen molar-refractivity contribution in [1.82, 2.24) is 5.32 Å². The van der Waals surface area contributed by atoms with Crippen LogP contribution in [0.3, 0.4) is 0 Å². The highest BCUT2D eigenvalue weighted by atomic mass is 16.5. The van der Waals surface area contributed by atoms with Gasteiger partial charge in [0, 0.05) is 6.42 Å². The molecule has 0 aromatic heterocycles. The molecule has 0 fully saturated rings. The molecule has 0 bridgehead atoms. The van der Waals surface area contributed by atoms with E-state index in [1.165, 1.54) is 154 Å². The third-order valence-corrected chi connectivity index (χ3v) is 12.0. The maximum Gasteiger partial charge on any atom is 0.306 e. The summed E-state index contributed by atoms with van der Waals surface area (Å²) < 4.78 is 5.90. The molecule has 0 saturated carbocycles. The van der Waals surface area contributed by atoms with E-state index in [4.69, 9.17) is 4.74 Å². The van der Waals surface area contributed by atoms with Crippen LogP contribution in [0.4, 0.5) is 0 Å². The predicted molar refractivity (Wildman–Crippen MR) is 259 cm³/mol. The number of hydrogen-bond donors (Lipinski definition) is 3. The summed E-state index contributed by atoms with van der Waals surface area (Å²) in [6, 6.07) is -0.713. The summed E-state index contributed by atoms with van der Waals surface area (Å²) in [5, 5.41) is 23.7. The van der Waals surface area contributed by atoms with Gasteiger partial charge in [0.2, 0.25) is 5.91 Å². The second-order valence-corrected chi connectivity index (χ2v) is 17.9. The highest BCUT2D eigenvalue weighted by Gasteiger charge is 2.24. The van der Waals surface area contributed by atoms with Gasteiger partial charge in [-0.2, -0.15) is 0 Å². The standard InChI is InChI=1S/C54H101NO5/c1-4-7-10-13-16-19-22-24-26-27-29-32-35-38-41-44-47-54(59)60-50(45-42-39-36-33-30-21-18-15-12-9-6-3)48-53(58)55-51(49-56)52(57)46-43-40-37-34-31-28-25-23-20-17-14-11-8-5-2/h26-27,29,32-33,36,50-52,56-57H,4-25,28,30-31,34-35,37-49H2,1-3H3,(H,55,58)/b27-26+,32-29+,36-33-. The van der Waals surface area contributed by atoms with E-state index >= 15 is 0 Å². The minimum atomic E-state index is -0.796. The second-order valence-electron chi connectivity index (χ2n) is 17.9. The van der Waals surface area contributed by atoms with Gasteiger partial charge in [-0.1, -0.05) is 224 Å². The van der Waals surface area contributed by atoms with E-state index in [1.54, 1.807) is 0 Å². The van der Waals surface area contributed by atoms with E-state index in [0.29, 0.717) is 19.3 Å². The Hall–Kier alpha value is -1.92. The molecular formula is C54H101NO5. The van der Waals surface area contributed by atoms with E-state index in [0.717, 1.165) is 70.6 Å². The molecule has 0 heterocycles. The Morgan fingerprint density at radius 2 is 0.867 bits per heavy atom. The monoisotopic (exact) mass is 844 g/mol. The van der Waals surface area contributed by atoms with E-state index < -0.39 is 18.2 Å². The predicted octanol–water partition coefficient (Wildman–Crippen LogP) is 15.7. The number of carbonyl (C=O) groups excluding carboxylic acids is 2. The maximum atomic E-state index is 13.2. The molecule has 0 aliphatic heterocycles. The lowest BCUT2D eigenvalue weighted by Gasteiger charge is -2.24. The van der Waals surface area contributed by atoms with E-state index in [9.17, 15) is 19.8 Å². The van der Waals surface area contributed by atoms with Crippen molar-refractivity contribution in [3.8, 4) is 0 Å². The molecule has 1 amide bonds. The van der Waals surface area contributed by atoms with Gasteiger partial charge in [0.25, 0.3) is 0 Å². The number of amides is 1. The minimum absolute atomic E-state index is 0.0482. The van der Waals surface area contributed by atoms with Gasteiger partial charge in [0.1, 0.15) is 6.10 Å². The van der Waals surface area contributed by atoms with Crippen molar-refractivity contribution in [3.05, 3.63) is 36.5 Å². The molecule has 60 heavy (non-hydrogen) atoms. The lowest BCUT2D eigenvalue weighted by Crippen LogP contribution is -2.46. The van der Waals surface area contributed by atoms with Crippen molar-refractivity contribution < 1.29 is 24.5 Å². The van der Waals surface area contributed by atoms with Gasteiger partial charge in [-0.15, -0.1) is 0 Å². The number of aliphatic hydroxyl groups is 2. The quantitative estimate of drug-likeness (QED) is 0.0245. The molecule has 0 aromatic carbocycles. The Bertz CT molecular complexity index is 993. The van der Waals surface area contributed by atoms with Gasteiger partial charge in [-0.25, -0.2) is 0 Å². The number of allylic oxidation sites excluding steroid dienone is 6. The number of rotatable bonds is 47. The molecule has 0 aromatic rings. The summed E-state index contributed by atoms with van der Waals surface area (Å²) in [5.41, 5.74) is 0. The molecule has 3 N–H and O–H groups in total. The van der Waals surface area contributed by atoms with Crippen LogP contribution in [-0.2, 0) is 14.3 Å². The number of nitrogens with one attached hydrogen (secondary N) is 1.